The number of hydrogen-bond donors (Lipinski definition) is 0. The first-order valence-electron chi connectivity index (χ1n) is 8.23. The Labute approximate surface area is 159 Å². The first kappa shape index (κ1) is 17.1. The molecule has 0 radical (unpaired) electrons. The van der Waals surface area contributed by atoms with Crippen LogP contribution in [0.2, 0.25) is 5.02 Å². The van der Waals surface area contributed by atoms with Gasteiger partial charge in [-0.25, -0.2) is 4.79 Å². The molecule has 0 aliphatic carbocycles. The minimum atomic E-state index is -0.722. The van der Waals surface area contributed by atoms with Crippen molar-refractivity contribution in [3.8, 4) is 17.1 Å². The first-order valence-corrected chi connectivity index (χ1v) is 8.61. The molecule has 0 spiro atoms. The zero-order chi connectivity index (χ0) is 18.8. The Hall–Kier alpha value is -3.37. The highest BCUT2D eigenvalue weighted by molar-refractivity contribution is 6.33. The number of para-hydroxylation sites is 1. The predicted octanol–water partition coefficient (Wildman–Crippen LogP) is 5.33. The minimum Gasteiger partial charge on any atom is -0.452 e. The van der Waals surface area contributed by atoms with Crippen LogP contribution < -0.4 is 10.2 Å². The summed E-state index contributed by atoms with van der Waals surface area (Å²) < 4.78 is 11.4. The van der Waals surface area contributed by atoms with Gasteiger partial charge < -0.3 is 9.15 Å². The van der Waals surface area contributed by atoms with Crippen LogP contribution in [0.4, 0.5) is 0 Å². The van der Waals surface area contributed by atoms with Gasteiger partial charge in [-0.1, -0.05) is 66.2 Å². The molecule has 5 heteroatoms. The van der Waals surface area contributed by atoms with Gasteiger partial charge in [0.15, 0.2) is 5.76 Å². The van der Waals surface area contributed by atoms with Gasteiger partial charge in [0.05, 0.1) is 16.0 Å². The quantitative estimate of drug-likeness (QED) is 0.453. The average molecular weight is 377 g/mol. The third kappa shape index (κ3) is 3.23. The van der Waals surface area contributed by atoms with Crippen molar-refractivity contribution >= 4 is 28.5 Å². The average Bonchev–Trinajstić information content (AvgIpc) is 2.71. The van der Waals surface area contributed by atoms with Crippen molar-refractivity contribution in [2.45, 2.75) is 0 Å². The molecule has 0 saturated heterocycles. The molecular weight excluding hydrogens is 364 g/mol. The van der Waals surface area contributed by atoms with Crippen molar-refractivity contribution in [2.24, 2.45) is 0 Å². The second kappa shape index (κ2) is 7.09. The Kier molecular flexibility index (Phi) is 4.48. The largest absolute Gasteiger partial charge is 0.452 e. The normalized spacial score (nSPS) is 10.7. The molecule has 4 rings (SSSR count). The summed E-state index contributed by atoms with van der Waals surface area (Å²) in [6.07, 6.45) is 0. The lowest BCUT2D eigenvalue weighted by molar-refractivity contribution is 0.0731. The number of fused-ring (bicyclic) bond motifs is 1. The molecule has 1 heterocycles. The van der Waals surface area contributed by atoms with Crippen molar-refractivity contribution in [3.63, 3.8) is 0 Å². The van der Waals surface area contributed by atoms with Crippen molar-refractivity contribution < 1.29 is 13.9 Å². The molecule has 0 fully saturated rings. The van der Waals surface area contributed by atoms with Gasteiger partial charge >= 0.3 is 5.97 Å². The zero-order valence-corrected chi connectivity index (χ0v) is 14.8. The van der Waals surface area contributed by atoms with Crippen LogP contribution in [0.1, 0.15) is 10.4 Å². The number of ether oxygens (including phenoxy) is 1. The van der Waals surface area contributed by atoms with E-state index in [1.807, 2.05) is 18.2 Å². The van der Waals surface area contributed by atoms with Crippen LogP contribution in [0.25, 0.3) is 22.3 Å². The topological polar surface area (TPSA) is 56.5 Å². The fraction of sp³-hybridized carbons (Fsp3) is 0. The lowest BCUT2D eigenvalue weighted by atomic mass is 10.1. The Morgan fingerprint density at radius 2 is 1.52 bits per heavy atom. The molecule has 132 valence electrons. The highest BCUT2D eigenvalue weighted by Gasteiger charge is 2.22. The summed E-state index contributed by atoms with van der Waals surface area (Å²) in [6.45, 7) is 0. The molecule has 3 aromatic carbocycles. The molecule has 0 amide bonds. The molecule has 0 atom stereocenters. The summed E-state index contributed by atoms with van der Waals surface area (Å²) in [7, 11) is 0. The Bertz CT molecular complexity index is 1200. The van der Waals surface area contributed by atoms with E-state index in [2.05, 4.69) is 0 Å². The highest BCUT2D eigenvalue weighted by Crippen LogP contribution is 2.31. The van der Waals surface area contributed by atoms with E-state index in [0.717, 1.165) is 0 Å². The summed E-state index contributed by atoms with van der Waals surface area (Å²) in [4.78, 5) is 25.6. The molecule has 0 N–H and O–H groups in total. The second-order valence-electron chi connectivity index (χ2n) is 5.82. The molecule has 0 bridgehead atoms. The lowest BCUT2D eigenvalue weighted by Gasteiger charge is -2.11. The Morgan fingerprint density at radius 3 is 2.30 bits per heavy atom. The van der Waals surface area contributed by atoms with E-state index in [1.165, 1.54) is 6.07 Å². The van der Waals surface area contributed by atoms with Gasteiger partial charge in [0.1, 0.15) is 5.58 Å². The molecule has 0 aliphatic heterocycles. The number of hydrogen-bond acceptors (Lipinski definition) is 4. The molecule has 0 unspecified atom stereocenters. The van der Waals surface area contributed by atoms with Gasteiger partial charge in [-0.15, -0.1) is 0 Å². The van der Waals surface area contributed by atoms with Gasteiger partial charge in [0.2, 0.25) is 11.2 Å². The maximum atomic E-state index is 13.0. The van der Waals surface area contributed by atoms with Crippen LogP contribution in [0.5, 0.6) is 5.75 Å². The van der Waals surface area contributed by atoms with Gasteiger partial charge in [-0.2, -0.15) is 0 Å². The SMILES string of the molecule is O=C(Oc1c(-c2ccccc2)oc2ccccc2c1=O)c1ccccc1Cl. The van der Waals surface area contributed by atoms with Crippen LogP contribution in [0.15, 0.2) is 88.1 Å². The maximum Gasteiger partial charge on any atom is 0.345 e. The first-order chi connectivity index (χ1) is 13.1. The minimum absolute atomic E-state index is 0.162. The summed E-state index contributed by atoms with van der Waals surface area (Å²) in [6, 6.07) is 22.3. The van der Waals surface area contributed by atoms with Crippen LogP contribution in [0.3, 0.4) is 0 Å². The smallest absolute Gasteiger partial charge is 0.345 e. The molecule has 0 saturated carbocycles. The third-order valence-corrected chi connectivity index (χ3v) is 4.41. The number of carbonyl (C=O) groups is 1. The molecule has 0 aliphatic rings. The van der Waals surface area contributed by atoms with E-state index in [9.17, 15) is 9.59 Å². The predicted molar refractivity (Wildman–Crippen MR) is 104 cm³/mol. The molecule has 4 nitrogen and oxygen atoms in total. The van der Waals surface area contributed by atoms with Crippen LogP contribution in [-0.4, -0.2) is 5.97 Å². The van der Waals surface area contributed by atoms with E-state index < -0.39 is 11.4 Å². The van der Waals surface area contributed by atoms with Crippen molar-refractivity contribution in [1.82, 2.24) is 0 Å². The number of benzene rings is 3. The monoisotopic (exact) mass is 376 g/mol. The zero-order valence-electron chi connectivity index (χ0n) is 14.0. The number of halogens is 1. The van der Waals surface area contributed by atoms with E-state index in [-0.39, 0.29) is 22.1 Å². The fourth-order valence-electron chi connectivity index (χ4n) is 2.77. The molecule has 27 heavy (non-hydrogen) atoms. The van der Waals surface area contributed by atoms with Crippen LogP contribution >= 0.6 is 11.6 Å². The fourth-order valence-corrected chi connectivity index (χ4v) is 2.98. The number of rotatable bonds is 3. The second-order valence-corrected chi connectivity index (χ2v) is 6.23. The molecule has 4 aromatic rings. The number of esters is 1. The third-order valence-electron chi connectivity index (χ3n) is 4.08. The Balaban J connectivity index is 1.90. The summed E-state index contributed by atoms with van der Waals surface area (Å²) in [5.74, 6) is -0.690. The maximum absolute atomic E-state index is 13.0. The van der Waals surface area contributed by atoms with Gasteiger partial charge in [-0.3, -0.25) is 4.79 Å². The van der Waals surface area contributed by atoms with E-state index in [0.29, 0.717) is 16.5 Å². The van der Waals surface area contributed by atoms with Crippen LogP contribution in [0, 0.1) is 0 Å². The van der Waals surface area contributed by atoms with Gasteiger partial charge in [0, 0.05) is 5.56 Å². The van der Waals surface area contributed by atoms with E-state index in [4.69, 9.17) is 20.8 Å². The molecule has 1 aromatic heterocycles. The van der Waals surface area contributed by atoms with Gasteiger partial charge in [0.25, 0.3) is 0 Å². The standard InChI is InChI=1S/C22H13ClO4/c23-17-12-6-4-10-15(17)22(25)27-21-19(24)16-11-5-7-13-18(16)26-20(21)14-8-2-1-3-9-14/h1-13H. The van der Waals surface area contributed by atoms with Crippen LogP contribution in [-0.2, 0) is 0 Å². The van der Waals surface area contributed by atoms with Gasteiger partial charge in [-0.05, 0) is 24.3 Å². The summed E-state index contributed by atoms with van der Waals surface area (Å²) >= 11 is 6.07. The highest BCUT2D eigenvalue weighted by atomic mass is 35.5. The van der Waals surface area contributed by atoms with E-state index in [1.54, 1.807) is 54.6 Å². The Morgan fingerprint density at radius 1 is 0.852 bits per heavy atom. The van der Waals surface area contributed by atoms with Crippen molar-refractivity contribution in [3.05, 3.63) is 99.7 Å². The summed E-state index contributed by atoms with van der Waals surface area (Å²) in [5.41, 5.74) is 0.794. The number of carbonyl (C=O) groups excluding carboxylic acids is 1. The van der Waals surface area contributed by atoms with Crippen molar-refractivity contribution in [2.75, 3.05) is 0 Å². The van der Waals surface area contributed by atoms with E-state index >= 15 is 0 Å². The lowest BCUT2D eigenvalue weighted by Crippen LogP contribution is -2.16. The van der Waals surface area contributed by atoms with Crippen molar-refractivity contribution in [1.29, 1.82) is 0 Å². The molecular formula is C22H13ClO4. The summed E-state index contributed by atoms with van der Waals surface area (Å²) in [5, 5.41) is 0.577.